The first-order chi connectivity index (χ1) is 30.3. The van der Waals surface area contributed by atoms with Crippen LogP contribution in [0.15, 0.2) is 249 Å². The Morgan fingerprint density at radius 3 is 1.10 bits per heavy atom. The Hall–Kier alpha value is -8.00. The molecule has 0 radical (unpaired) electrons. The number of benzene rings is 11. The lowest BCUT2D eigenvalue weighted by molar-refractivity contribution is 1.28. The molecule has 11 aromatic carbocycles. The maximum atomic E-state index is 2.39. The first-order valence-corrected chi connectivity index (χ1v) is 21.0. The largest absolute Gasteiger partial charge is 0.310 e. The Kier molecular flexibility index (Phi) is 9.26. The molecular formula is C60H41N. The van der Waals surface area contributed by atoms with E-state index in [4.69, 9.17) is 0 Å². The quantitative estimate of drug-likeness (QED) is 0.149. The molecule has 0 atom stereocenters. The number of nitrogens with zero attached hydrogens (tertiary/aromatic N) is 1. The topological polar surface area (TPSA) is 3.24 Å². The van der Waals surface area contributed by atoms with Crippen LogP contribution >= 0.6 is 0 Å². The van der Waals surface area contributed by atoms with Crippen LogP contribution in [-0.2, 0) is 0 Å². The van der Waals surface area contributed by atoms with E-state index in [1.54, 1.807) is 0 Å². The van der Waals surface area contributed by atoms with Crippen LogP contribution in [0.4, 0.5) is 17.1 Å². The third-order valence-corrected chi connectivity index (χ3v) is 12.1. The summed E-state index contributed by atoms with van der Waals surface area (Å²) in [6.07, 6.45) is 0. The summed E-state index contributed by atoms with van der Waals surface area (Å²) in [4.78, 5) is 2.39. The Labute approximate surface area is 357 Å². The van der Waals surface area contributed by atoms with Crippen LogP contribution in [0.25, 0.3) is 88.0 Å². The second-order valence-electron chi connectivity index (χ2n) is 15.7. The summed E-state index contributed by atoms with van der Waals surface area (Å²) < 4.78 is 0. The molecule has 0 aliphatic heterocycles. The zero-order chi connectivity index (χ0) is 40.5. The van der Waals surface area contributed by atoms with Gasteiger partial charge in [-0.2, -0.15) is 0 Å². The normalized spacial score (nSPS) is 11.3. The van der Waals surface area contributed by atoms with Gasteiger partial charge < -0.3 is 4.90 Å². The van der Waals surface area contributed by atoms with E-state index in [-0.39, 0.29) is 0 Å². The second-order valence-corrected chi connectivity index (χ2v) is 15.7. The Balaban J connectivity index is 1.05. The van der Waals surface area contributed by atoms with Gasteiger partial charge in [-0.05, 0) is 124 Å². The Morgan fingerprint density at radius 1 is 0.213 bits per heavy atom. The van der Waals surface area contributed by atoms with Gasteiger partial charge in [0, 0.05) is 17.1 Å². The van der Waals surface area contributed by atoms with Crippen LogP contribution < -0.4 is 4.90 Å². The molecule has 0 saturated heterocycles. The summed E-state index contributed by atoms with van der Waals surface area (Å²) in [6, 6.07) is 90.4. The number of anilines is 3. The summed E-state index contributed by atoms with van der Waals surface area (Å²) in [5.74, 6) is 0. The van der Waals surface area contributed by atoms with Crippen molar-refractivity contribution in [2.45, 2.75) is 0 Å². The molecule has 0 N–H and O–H groups in total. The van der Waals surface area contributed by atoms with Gasteiger partial charge in [-0.15, -0.1) is 0 Å². The van der Waals surface area contributed by atoms with Crippen molar-refractivity contribution in [2.24, 2.45) is 0 Å². The smallest absolute Gasteiger partial charge is 0.0467 e. The van der Waals surface area contributed by atoms with Gasteiger partial charge in [0.2, 0.25) is 0 Å². The zero-order valence-corrected chi connectivity index (χ0v) is 33.6. The van der Waals surface area contributed by atoms with Gasteiger partial charge in [0.05, 0.1) is 0 Å². The minimum atomic E-state index is 1.09. The summed E-state index contributed by atoms with van der Waals surface area (Å²) in [5.41, 5.74) is 15.4. The molecule has 1 nitrogen and oxygen atoms in total. The number of hydrogen-bond acceptors (Lipinski definition) is 1. The number of fused-ring (bicyclic) bond motifs is 3. The standard InChI is InChI=1S/C60H41N/c1-3-15-43(16-4-1)55-29-11-21-47-22-13-31-57(59(47)55)46-35-39-51(40-36-46)61(50-37-33-45(34-38-50)54-28-10-20-42-19-7-8-27-53(42)54)52-26-9-25-49(41-52)58-32-14-24-48-23-12-30-56(60(48)58)44-17-5-2-6-18-44/h1-41H. The second kappa shape index (κ2) is 15.6. The van der Waals surface area contributed by atoms with Gasteiger partial charge >= 0.3 is 0 Å². The lowest BCUT2D eigenvalue weighted by Gasteiger charge is -2.27. The van der Waals surface area contributed by atoms with Crippen LogP contribution in [0.2, 0.25) is 0 Å². The predicted octanol–water partition coefficient (Wildman–Crippen LogP) is 17.0. The van der Waals surface area contributed by atoms with Gasteiger partial charge in [-0.1, -0.05) is 212 Å². The summed E-state index contributed by atoms with van der Waals surface area (Å²) in [6.45, 7) is 0. The van der Waals surface area contributed by atoms with E-state index < -0.39 is 0 Å². The average Bonchev–Trinajstić information content (AvgIpc) is 3.34. The van der Waals surface area contributed by atoms with Gasteiger partial charge in [0.25, 0.3) is 0 Å². The Bertz CT molecular complexity index is 3310. The third kappa shape index (κ3) is 6.73. The average molecular weight is 776 g/mol. The van der Waals surface area contributed by atoms with Crippen molar-refractivity contribution in [1.82, 2.24) is 0 Å². The highest BCUT2D eigenvalue weighted by Gasteiger charge is 2.18. The van der Waals surface area contributed by atoms with Gasteiger partial charge in [-0.25, -0.2) is 0 Å². The molecule has 0 unspecified atom stereocenters. The maximum Gasteiger partial charge on any atom is 0.0467 e. The zero-order valence-electron chi connectivity index (χ0n) is 33.6. The summed E-state index contributed by atoms with van der Waals surface area (Å²) >= 11 is 0. The highest BCUT2D eigenvalue weighted by atomic mass is 15.1. The van der Waals surface area contributed by atoms with Crippen LogP contribution in [-0.4, -0.2) is 0 Å². The van der Waals surface area contributed by atoms with E-state index in [1.807, 2.05) is 0 Å². The van der Waals surface area contributed by atoms with E-state index in [1.165, 1.54) is 88.0 Å². The molecule has 286 valence electrons. The van der Waals surface area contributed by atoms with Crippen molar-refractivity contribution in [1.29, 1.82) is 0 Å². The molecule has 61 heavy (non-hydrogen) atoms. The highest BCUT2D eigenvalue weighted by molar-refractivity contribution is 6.08. The third-order valence-electron chi connectivity index (χ3n) is 12.1. The minimum absolute atomic E-state index is 1.09. The fourth-order valence-corrected chi connectivity index (χ4v) is 9.20. The molecule has 0 spiro atoms. The van der Waals surface area contributed by atoms with Crippen molar-refractivity contribution in [2.75, 3.05) is 4.90 Å². The van der Waals surface area contributed by atoms with Crippen LogP contribution in [0.1, 0.15) is 0 Å². The van der Waals surface area contributed by atoms with Crippen molar-refractivity contribution in [3.8, 4) is 55.6 Å². The summed E-state index contributed by atoms with van der Waals surface area (Å²) in [5, 5.41) is 7.48. The molecule has 0 heterocycles. The molecule has 0 aliphatic carbocycles. The Morgan fingerprint density at radius 2 is 0.574 bits per heavy atom. The molecule has 0 saturated carbocycles. The molecule has 11 aromatic rings. The van der Waals surface area contributed by atoms with Crippen LogP contribution in [0.3, 0.4) is 0 Å². The van der Waals surface area contributed by atoms with Crippen molar-refractivity contribution >= 4 is 49.4 Å². The van der Waals surface area contributed by atoms with Gasteiger partial charge in [-0.3, -0.25) is 0 Å². The molecule has 0 aromatic heterocycles. The van der Waals surface area contributed by atoms with Crippen LogP contribution in [0, 0.1) is 0 Å². The van der Waals surface area contributed by atoms with Crippen molar-refractivity contribution in [3.63, 3.8) is 0 Å². The molecule has 11 rings (SSSR count). The summed E-state index contributed by atoms with van der Waals surface area (Å²) in [7, 11) is 0. The lowest BCUT2D eigenvalue weighted by Crippen LogP contribution is -2.10. The van der Waals surface area contributed by atoms with E-state index >= 15 is 0 Å². The highest BCUT2D eigenvalue weighted by Crippen LogP contribution is 2.43. The first-order valence-electron chi connectivity index (χ1n) is 21.0. The molecule has 0 fully saturated rings. The molecule has 1 heteroatoms. The fraction of sp³-hybridized carbons (Fsp3) is 0. The number of rotatable bonds is 8. The van der Waals surface area contributed by atoms with E-state index in [2.05, 4.69) is 254 Å². The monoisotopic (exact) mass is 775 g/mol. The van der Waals surface area contributed by atoms with Gasteiger partial charge in [0.1, 0.15) is 0 Å². The maximum absolute atomic E-state index is 2.39. The molecular weight excluding hydrogens is 735 g/mol. The van der Waals surface area contributed by atoms with Crippen LogP contribution in [0.5, 0.6) is 0 Å². The lowest BCUT2D eigenvalue weighted by atomic mass is 9.91. The van der Waals surface area contributed by atoms with Crippen molar-refractivity contribution < 1.29 is 0 Å². The first kappa shape index (κ1) is 36.1. The van der Waals surface area contributed by atoms with Gasteiger partial charge in [0.15, 0.2) is 0 Å². The fourth-order valence-electron chi connectivity index (χ4n) is 9.20. The minimum Gasteiger partial charge on any atom is -0.310 e. The molecule has 0 bridgehead atoms. The van der Waals surface area contributed by atoms with E-state index in [0.717, 1.165) is 17.1 Å². The molecule has 0 amide bonds. The number of hydrogen-bond donors (Lipinski definition) is 0. The molecule has 0 aliphatic rings. The van der Waals surface area contributed by atoms with Crippen molar-refractivity contribution in [3.05, 3.63) is 249 Å². The van der Waals surface area contributed by atoms with E-state index in [0.29, 0.717) is 0 Å². The SMILES string of the molecule is c1ccc(-c2cccc3cccc(-c4ccc(N(c5ccc(-c6cccc7ccccc67)cc5)c5cccc(-c6cccc7cccc(-c8ccccc8)c67)c5)cc4)c23)cc1. The van der Waals surface area contributed by atoms with E-state index in [9.17, 15) is 0 Å². The predicted molar refractivity (Wildman–Crippen MR) is 261 cm³/mol.